The molecule has 0 amide bonds. The fourth-order valence-corrected chi connectivity index (χ4v) is 2.21. The van der Waals surface area contributed by atoms with Gasteiger partial charge in [-0.1, -0.05) is 34.0 Å². The molecule has 0 unspecified atom stereocenters. The number of carbonyl (C=O) groups is 2. The molecule has 0 bridgehead atoms. The van der Waals surface area contributed by atoms with E-state index in [0.29, 0.717) is 10.8 Å². The number of hydrogen-bond acceptors (Lipinski definition) is 7. The molecule has 0 radical (unpaired) electrons. The first-order valence-corrected chi connectivity index (χ1v) is 7.49. The van der Waals surface area contributed by atoms with Gasteiger partial charge in [-0.25, -0.2) is 9.89 Å². The topological polar surface area (TPSA) is 103 Å². The van der Waals surface area contributed by atoms with Crippen molar-refractivity contribution in [1.82, 2.24) is 15.4 Å². The predicted octanol–water partition coefficient (Wildman–Crippen LogP) is 3.08. The van der Waals surface area contributed by atoms with Gasteiger partial charge in [0.05, 0.1) is 0 Å². The van der Waals surface area contributed by atoms with Crippen LogP contribution in [0.4, 0.5) is 0 Å². The fraction of sp³-hybridized carbons (Fsp3) is 0.125. The van der Waals surface area contributed by atoms with Crippen molar-refractivity contribution in [3.8, 4) is 11.6 Å². The zero-order chi connectivity index (χ0) is 17.8. The summed E-state index contributed by atoms with van der Waals surface area (Å²) in [5.41, 5.74) is -0.0941. The second kappa shape index (κ2) is 7.18. The van der Waals surface area contributed by atoms with E-state index in [4.69, 9.17) is 21.1 Å². The highest BCUT2D eigenvalue weighted by atomic mass is 35.5. The van der Waals surface area contributed by atoms with E-state index >= 15 is 0 Å². The molecule has 3 rings (SSSR count). The lowest BCUT2D eigenvalue weighted by Gasteiger charge is -2.06. The second-order valence-electron chi connectivity index (χ2n) is 4.93. The minimum Gasteiger partial charge on any atom is -0.436 e. The number of fused-ring (bicyclic) bond motifs is 1. The predicted molar refractivity (Wildman–Crippen MR) is 87.5 cm³/mol. The Morgan fingerprint density at radius 2 is 1.88 bits per heavy atom. The molecule has 1 aromatic heterocycles. The second-order valence-corrected chi connectivity index (χ2v) is 5.37. The van der Waals surface area contributed by atoms with E-state index in [1.807, 2.05) is 18.2 Å². The van der Waals surface area contributed by atoms with Gasteiger partial charge in [-0.3, -0.25) is 4.79 Å². The van der Waals surface area contributed by atoms with Crippen molar-refractivity contribution in [1.29, 1.82) is 0 Å². The Morgan fingerprint density at radius 3 is 2.68 bits per heavy atom. The maximum Gasteiger partial charge on any atom is 0.365 e. The number of rotatable bonds is 5. The SMILES string of the molecule is CC(=O)OCOC(=O)c1[nH]nnc1Oc1ccc2cc(Cl)ccc2c1. The van der Waals surface area contributed by atoms with Gasteiger partial charge in [-0.2, -0.15) is 0 Å². The monoisotopic (exact) mass is 361 g/mol. The number of carbonyl (C=O) groups excluding carboxylic acids is 2. The molecule has 2 aromatic carbocycles. The molecule has 0 saturated carbocycles. The number of halogens is 1. The highest BCUT2D eigenvalue weighted by Gasteiger charge is 2.19. The molecule has 0 aliphatic rings. The summed E-state index contributed by atoms with van der Waals surface area (Å²) in [6, 6.07) is 10.8. The third kappa shape index (κ3) is 4.04. The number of aromatic amines is 1. The van der Waals surface area contributed by atoms with Gasteiger partial charge in [0.1, 0.15) is 5.75 Å². The highest BCUT2D eigenvalue weighted by molar-refractivity contribution is 6.31. The summed E-state index contributed by atoms with van der Waals surface area (Å²) in [6.45, 7) is 0.691. The summed E-state index contributed by atoms with van der Waals surface area (Å²) in [6.07, 6.45) is 0. The van der Waals surface area contributed by atoms with Gasteiger partial charge >= 0.3 is 11.9 Å². The van der Waals surface area contributed by atoms with Crippen LogP contribution in [0.3, 0.4) is 0 Å². The van der Waals surface area contributed by atoms with E-state index in [1.54, 1.807) is 18.2 Å². The van der Waals surface area contributed by atoms with Crippen LogP contribution < -0.4 is 4.74 Å². The number of nitrogens with one attached hydrogen (secondary N) is 1. The number of aromatic nitrogens is 3. The maximum absolute atomic E-state index is 11.9. The molecule has 128 valence electrons. The van der Waals surface area contributed by atoms with Crippen LogP contribution in [-0.4, -0.2) is 34.1 Å². The lowest BCUT2D eigenvalue weighted by atomic mass is 10.1. The first-order valence-electron chi connectivity index (χ1n) is 7.11. The Labute approximate surface area is 146 Å². The van der Waals surface area contributed by atoms with Gasteiger partial charge in [0.25, 0.3) is 5.88 Å². The van der Waals surface area contributed by atoms with Crippen LogP contribution in [0.2, 0.25) is 5.02 Å². The normalized spacial score (nSPS) is 10.5. The average Bonchev–Trinajstić information content (AvgIpc) is 3.03. The van der Waals surface area contributed by atoms with Gasteiger partial charge in [0.2, 0.25) is 12.5 Å². The van der Waals surface area contributed by atoms with Crippen LogP contribution in [0, 0.1) is 0 Å². The maximum atomic E-state index is 11.9. The van der Waals surface area contributed by atoms with Gasteiger partial charge in [-0.15, -0.1) is 0 Å². The zero-order valence-electron chi connectivity index (χ0n) is 13.0. The summed E-state index contributed by atoms with van der Waals surface area (Å²) in [4.78, 5) is 22.6. The summed E-state index contributed by atoms with van der Waals surface area (Å²) < 4.78 is 14.9. The molecule has 1 N–H and O–H groups in total. The molecular weight excluding hydrogens is 350 g/mol. The Hall–Kier alpha value is -3.13. The number of hydrogen-bond donors (Lipinski definition) is 1. The van der Waals surface area contributed by atoms with Crippen LogP contribution in [0.5, 0.6) is 11.6 Å². The molecule has 0 fully saturated rings. The molecule has 25 heavy (non-hydrogen) atoms. The van der Waals surface area contributed by atoms with Crippen molar-refractivity contribution >= 4 is 34.3 Å². The van der Waals surface area contributed by atoms with E-state index < -0.39 is 18.7 Å². The third-order valence-electron chi connectivity index (χ3n) is 3.16. The van der Waals surface area contributed by atoms with Gasteiger partial charge in [-0.05, 0) is 35.0 Å². The molecule has 8 nitrogen and oxygen atoms in total. The Bertz CT molecular complexity index is 940. The Balaban J connectivity index is 1.75. The van der Waals surface area contributed by atoms with Crippen LogP contribution >= 0.6 is 11.6 Å². The summed E-state index contributed by atoms with van der Waals surface area (Å²) in [5.74, 6) is -0.976. The molecular formula is C16H12ClN3O5. The number of benzene rings is 2. The average molecular weight is 362 g/mol. The molecule has 0 aliphatic carbocycles. The summed E-state index contributed by atoms with van der Waals surface area (Å²) in [7, 11) is 0. The van der Waals surface area contributed by atoms with Gasteiger partial charge < -0.3 is 14.2 Å². The lowest BCUT2D eigenvalue weighted by Crippen LogP contribution is -2.12. The first-order chi connectivity index (χ1) is 12.0. The molecule has 0 atom stereocenters. The number of esters is 2. The molecule has 1 heterocycles. The minimum atomic E-state index is -0.811. The van der Waals surface area contributed by atoms with Crippen molar-refractivity contribution in [2.24, 2.45) is 0 Å². The van der Waals surface area contributed by atoms with Gasteiger partial charge in [0, 0.05) is 11.9 Å². The molecule has 0 spiro atoms. The lowest BCUT2D eigenvalue weighted by molar-refractivity contribution is -0.149. The van der Waals surface area contributed by atoms with Gasteiger partial charge in [0.15, 0.2) is 0 Å². The van der Waals surface area contributed by atoms with Crippen LogP contribution in [0.15, 0.2) is 36.4 Å². The first kappa shape index (κ1) is 16.7. The Morgan fingerprint density at radius 1 is 1.12 bits per heavy atom. The van der Waals surface area contributed by atoms with E-state index in [9.17, 15) is 9.59 Å². The summed E-state index contributed by atoms with van der Waals surface area (Å²) in [5, 5.41) is 12.1. The van der Waals surface area contributed by atoms with Crippen molar-refractivity contribution in [2.45, 2.75) is 6.92 Å². The molecule has 0 saturated heterocycles. The quantitative estimate of drug-likeness (QED) is 0.550. The van der Waals surface area contributed by atoms with Crippen molar-refractivity contribution in [3.05, 3.63) is 47.1 Å². The smallest absolute Gasteiger partial charge is 0.365 e. The van der Waals surface area contributed by atoms with E-state index in [-0.39, 0.29) is 11.6 Å². The number of nitrogens with zero attached hydrogens (tertiary/aromatic N) is 2. The fourth-order valence-electron chi connectivity index (χ4n) is 2.03. The minimum absolute atomic E-state index is 0.0545. The largest absolute Gasteiger partial charge is 0.436 e. The van der Waals surface area contributed by atoms with E-state index in [2.05, 4.69) is 20.1 Å². The standard InChI is InChI=1S/C16H12ClN3O5/c1-9(21)23-8-24-16(22)14-15(19-20-18-14)25-13-5-3-10-6-12(17)4-2-11(10)7-13/h2-7H,8H2,1H3,(H,18,19,20). The summed E-state index contributed by atoms with van der Waals surface area (Å²) >= 11 is 5.95. The van der Waals surface area contributed by atoms with E-state index in [1.165, 1.54) is 6.92 Å². The van der Waals surface area contributed by atoms with Crippen molar-refractivity contribution < 1.29 is 23.8 Å². The molecule has 3 aromatic rings. The van der Waals surface area contributed by atoms with Crippen molar-refractivity contribution in [2.75, 3.05) is 6.79 Å². The van der Waals surface area contributed by atoms with Crippen LogP contribution in [-0.2, 0) is 14.3 Å². The molecule has 9 heteroatoms. The van der Waals surface area contributed by atoms with Crippen LogP contribution in [0.1, 0.15) is 17.4 Å². The molecule has 0 aliphatic heterocycles. The number of ether oxygens (including phenoxy) is 3. The zero-order valence-corrected chi connectivity index (χ0v) is 13.7. The third-order valence-corrected chi connectivity index (χ3v) is 3.40. The Kier molecular flexibility index (Phi) is 4.80. The number of H-pyrrole nitrogens is 1. The van der Waals surface area contributed by atoms with Crippen molar-refractivity contribution in [3.63, 3.8) is 0 Å². The van der Waals surface area contributed by atoms with Crippen LogP contribution in [0.25, 0.3) is 10.8 Å². The highest BCUT2D eigenvalue weighted by Crippen LogP contribution is 2.27. The van der Waals surface area contributed by atoms with E-state index in [0.717, 1.165) is 10.8 Å².